The molecule has 1 atom stereocenters. The Labute approximate surface area is 208 Å². The summed E-state index contributed by atoms with van der Waals surface area (Å²) in [6.07, 6.45) is 6.83. The van der Waals surface area contributed by atoms with E-state index in [0.29, 0.717) is 27.7 Å². The second-order valence-corrected chi connectivity index (χ2v) is 9.06. The maximum atomic E-state index is 6.37. The van der Waals surface area contributed by atoms with E-state index in [1.807, 2.05) is 35.0 Å². The van der Waals surface area contributed by atoms with Gasteiger partial charge in [0.25, 0.3) is 0 Å². The van der Waals surface area contributed by atoms with Gasteiger partial charge in [0, 0.05) is 67.7 Å². The zero-order valence-electron chi connectivity index (χ0n) is 19.0. The van der Waals surface area contributed by atoms with Gasteiger partial charge in [0.05, 0.1) is 24.9 Å². The summed E-state index contributed by atoms with van der Waals surface area (Å²) < 4.78 is 12.9. The Morgan fingerprint density at radius 2 is 1.94 bits per heavy atom. The van der Waals surface area contributed by atoms with Crippen molar-refractivity contribution < 1.29 is 9.47 Å². The first-order valence-corrected chi connectivity index (χ1v) is 11.8. The van der Waals surface area contributed by atoms with Crippen LogP contribution in [-0.4, -0.2) is 47.7 Å². The van der Waals surface area contributed by atoms with E-state index in [9.17, 15) is 0 Å². The number of nitrogens with one attached hydrogen (secondary N) is 1. The van der Waals surface area contributed by atoms with Gasteiger partial charge in [-0.25, -0.2) is 9.97 Å². The molecule has 9 heteroatoms. The van der Waals surface area contributed by atoms with Crippen LogP contribution in [0.2, 0.25) is 10.2 Å². The molecule has 1 saturated heterocycles. The van der Waals surface area contributed by atoms with Gasteiger partial charge in [0.15, 0.2) is 0 Å². The standard InChI is InChI=1S/C25H25Cl2N5O2/c1-33-22-12-23(34-2)20(26)11-19(22)21-15-32-8-5-18(10-25(32)30-21)31-7-4-17(14-31)29-13-16-3-6-28-24(27)9-16/h3,5-6,8-12,15,17,29H,4,7,13-14H2,1-2H3. The molecule has 1 aliphatic heterocycles. The van der Waals surface area contributed by atoms with Crippen LogP contribution in [0.25, 0.3) is 16.9 Å². The lowest BCUT2D eigenvalue weighted by Crippen LogP contribution is -2.32. The average molecular weight is 498 g/mol. The molecule has 3 aromatic heterocycles. The van der Waals surface area contributed by atoms with Crippen molar-refractivity contribution in [3.8, 4) is 22.8 Å². The molecule has 4 aromatic rings. The van der Waals surface area contributed by atoms with E-state index in [1.165, 1.54) is 0 Å². The van der Waals surface area contributed by atoms with Crippen LogP contribution >= 0.6 is 23.2 Å². The third kappa shape index (κ3) is 4.64. The molecule has 0 radical (unpaired) electrons. The first-order chi connectivity index (χ1) is 16.5. The fraction of sp³-hybridized carbons (Fsp3) is 0.280. The molecule has 0 aliphatic carbocycles. The van der Waals surface area contributed by atoms with Crippen LogP contribution < -0.4 is 19.7 Å². The normalized spacial score (nSPS) is 15.8. The highest BCUT2D eigenvalue weighted by Gasteiger charge is 2.23. The summed E-state index contributed by atoms with van der Waals surface area (Å²) >= 11 is 12.4. The largest absolute Gasteiger partial charge is 0.496 e. The van der Waals surface area contributed by atoms with E-state index >= 15 is 0 Å². The Bertz CT molecular complexity index is 1330. The molecule has 1 aromatic carbocycles. The highest BCUT2D eigenvalue weighted by Crippen LogP contribution is 2.38. The zero-order valence-corrected chi connectivity index (χ0v) is 20.5. The molecule has 5 rings (SSSR count). The highest BCUT2D eigenvalue weighted by atomic mass is 35.5. The second kappa shape index (κ2) is 9.70. The number of nitrogens with zero attached hydrogens (tertiary/aromatic N) is 4. The van der Waals surface area contributed by atoms with Gasteiger partial charge < -0.3 is 24.1 Å². The Morgan fingerprint density at radius 3 is 2.74 bits per heavy atom. The predicted octanol–water partition coefficient (Wildman–Crippen LogP) is 5.09. The van der Waals surface area contributed by atoms with Gasteiger partial charge in [-0.3, -0.25) is 0 Å². The van der Waals surface area contributed by atoms with Crippen LogP contribution in [0.3, 0.4) is 0 Å². The monoisotopic (exact) mass is 497 g/mol. The number of halogens is 2. The molecular weight excluding hydrogens is 473 g/mol. The Balaban J connectivity index is 1.32. The average Bonchev–Trinajstić information content (AvgIpc) is 3.49. The lowest BCUT2D eigenvalue weighted by Gasteiger charge is -2.19. The summed E-state index contributed by atoms with van der Waals surface area (Å²) in [5, 5.41) is 4.67. The minimum atomic E-state index is 0.407. The molecule has 4 heterocycles. The van der Waals surface area contributed by atoms with E-state index in [4.69, 9.17) is 37.7 Å². The molecule has 0 saturated carbocycles. The zero-order chi connectivity index (χ0) is 23.7. The Kier molecular flexibility index (Phi) is 6.50. The number of imidazole rings is 1. The molecule has 7 nitrogen and oxygen atoms in total. The smallest absolute Gasteiger partial charge is 0.141 e. The molecule has 176 valence electrons. The predicted molar refractivity (Wildman–Crippen MR) is 135 cm³/mol. The minimum Gasteiger partial charge on any atom is -0.496 e. The lowest BCUT2D eigenvalue weighted by atomic mass is 10.1. The first-order valence-electron chi connectivity index (χ1n) is 11.0. The van der Waals surface area contributed by atoms with E-state index in [-0.39, 0.29) is 0 Å². The molecular formula is C25H25Cl2N5O2. The maximum absolute atomic E-state index is 6.37. The van der Waals surface area contributed by atoms with Crippen molar-refractivity contribution in [1.29, 1.82) is 0 Å². The third-order valence-electron chi connectivity index (χ3n) is 6.13. The van der Waals surface area contributed by atoms with Crippen LogP contribution in [-0.2, 0) is 6.54 Å². The molecule has 0 amide bonds. The van der Waals surface area contributed by atoms with Gasteiger partial charge in [-0.15, -0.1) is 0 Å². The number of hydrogen-bond acceptors (Lipinski definition) is 6. The van der Waals surface area contributed by atoms with Crippen LogP contribution in [0.4, 0.5) is 5.69 Å². The van der Waals surface area contributed by atoms with Crippen molar-refractivity contribution in [3.05, 3.63) is 70.7 Å². The number of benzene rings is 1. The van der Waals surface area contributed by atoms with E-state index in [1.54, 1.807) is 26.5 Å². The number of anilines is 1. The topological polar surface area (TPSA) is 63.9 Å². The van der Waals surface area contributed by atoms with E-state index < -0.39 is 0 Å². The SMILES string of the molecule is COc1cc(OC)c(-c2cn3ccc(N4CCC(NCc5ccnc(Cl)c5)C4)cc3n2)cc1Cl. The van der Waals surface area contributed by atoms with Crippen molar-refractivity contribution in [2.75, 3.05) is 32.2 Å². The van der Waals surface area contributed by atoms with Crippen LogP contribution in [0.15, 0.2) is 55.0 Å². The second-order valence-electron chi connectivity index (χ2n) is 8.26. The Hall–Kier alpha value is -3.00. The summed E-state index contributed by atoms with van der Waals surface area (Å²) in [4.78, 5) is 11.3. The van der Waals surface area contributed by atoms with Crippen LogP contribution in [0, 0.1) is 0 Å². The number of aromatic nitrogens is 3. The number of methoxy groups -OCH3 is 2. The number of fused-ring (bicyclic) bond motifs is 1. The van der Waals surface area contributed by atoms with Gasteiger partial charge in [-0.05, 0) is 36.2 Å². The van der Waals surface area contributed by atoms with Crippen molar-refractivity contribution >= 4 is 34.5 Å². The summed E-state index contributed by atoms with van der Waals surface area (Å²) in [6, 6.07) is 12.1. The number of rotatable bonds is 7. The summed E-state index contributed by atoms with van der Waals surface area (Å²) in [5.74, 6) is 1.23. The lowest BCUT2D eigenvalue weighted by molar-refractivity contribution is 0.395. The molecule has 1 N–H and O–H groups in total. The third-order valence-corrected chi connectivity index (χ3v) is 6.63. The van der Waals surface area contributed by atoms with Crippen LogP contribution in [0.5, 0.6) is 11.5 Å². The molecule has 1 aliphatic rings. The van der Waals surface area contributed by atoms with Gasteiger partial charge in [-0.1, -0.05) is 23.2 Å². The summed E-state index contributed by atoms with van der Waals surface area (Å²) in [6.45, 7) is 2.69. The maximum Gasteiger partial charge on any atom is 0.141 e. The van der Waals surface area contributed by atoms with Gasteiger partial charge in [0.1, 0.15) is 22.3 Å². The van der Waals surface area contributed by atoms with Crippen molar-refractivity contribution in [3.63, 3.8) is 0 Å². The quantitative estimate of drug-likeness (QED) is 0.358. The first kappa shape index (κ1) is 22.8. The number of pyridine rings is 2. The fourth-order valence-corrected chi connectivity index (χ4v) is 4.77. The van der Waals surface area contributed by atoms with Gasteiger partial charge in [0.2, 0.25) is 0 Å². The minimum absolute atomic E-state index is 0.407. The highest BCUT2D eigenvalue weighted by molar-refractivity contribution is 6.32. The van der Waals surface area contributed by atoms with Crippen molar-refractivity contribution in [2.45, 2.75) is 19.0 Å². The van der Waals surface area contributed by atoms with E-state index in [2.05, 4.69) is 27.3 Å². The number of hydrogen-bond donors (Lipinski definition) is 1. The Morgan fingerprint density at radius 1 is 1.09 bits per heavy atom. The van der Waals surface area contributed by atoms with Crippen molar-refractivity contribution in [2.24, 2.45) is 0 Å². The van der Waals surface area contributed by atoms with Gasteiger partial charge in [-0.2, -0.15) is 0 Å². The molecule has 0 bridgehead atoms. The molecule has 1 unspecified atom stereocenters. The molecule has 0 spiro atoms. The van der Waals surface area contributed by atoms with Crippen LogP contribution in [0.1, 0.15) is 12.0 Å². The fourth-order valence-electron chi connectivity index (χ4n) is 4.33. The van der Waals surface area contributed by atoms with Crippen molar-refractivity contribution in [1.82, 2.24) is 19.7 Å². The molecule has 1 fully saturated rings. The molecule has 34 heavy (non-hydrogen) atoms. The van der Waals surface area contributed by atoms with Gasteiger partial charge >= 0.3 is 0 Å². The summed E-state index contributed by atoms with van der Waals surface area (Å²) in [5.41, 5.74) is 4.76. The number of ether oxygens (including phenoxy) is 2. The summed E-state index contributed by atoms with van der Waals surface area (Å²) in [7, 11) is 3.21. The van der Waals surface area contributed by atoms with E-state index in [0.717, 1.165) is 54.2 Å².